The van der Waals surface area contributed by atoms with E-state index in [0.29, 0.717) is 10.8 Å². The van der Waals surface area contributed by atoms with Crippen LogP contribution in [0, 0.1) is 0 Å². The summed E-state index contributed by atoms with van der Waals surface area (Å²) in [6, 6.07) is 12.3. The summed E-state index contributed by atoms with van der Waals surface area (Å²) in [5.74, 6) is -0.219. The number of anilines is 1. The van der Waals surface area contributed by atoms with Gasteiger partial charge >= 0.3 is 6.18 Å². The van der Waals surface area contributed by atoms with Gasteiger partial charge in [0.2, 0.25) is 0 Å². The van der Waals surface area contributed by atoms with E-state index in [1.807, 2.05) is 0 Å². The van der Waals surface area contributed by atoms with E-state index in [1.165, 1.54) is 24.3 Å². The summed E-state index contributed by atoms with van der Waals surface area (Å²) in [4.78, 5) is 11.9. The summed E-state index contributed by atoms with van der Waals surface area (Å²) in [5, 5.41) is 2.90. The molecule has 0 aromatic heterocycles. The molecule has 0 heterocycles. The van der Waals surface area contributed by atoms with Gasteiger partial charge in [-0.1, -0.05) is 29.8 Å². The van der Waals surface area contributed by atoms with E-state index < -0.39 is 18.7 Å². The fourth-order valence-electron chi connectivity index (χ4n) is 1.75. The number of hydrogen-bond acceptors (Lipinski definition) is 3. The van der Waals surface area contributed by atoms with Crippen molar-refractivity contribution in [3.8, 4) is 11.5 Å². The van der Waals surface area contributed by atoms with Gasteiger partial charge in [-0.2, -0.15) is 13.2 Å². The highest BCUT2D eigenvalue weighted by Gasteiger charge is 2.28. The van der Waals surface area contributed by atoms with Crippen LogP contribution >= 0.6 is 11.6 Å². The first kappa shape index (κ1) is 17.9. The maximum Gasteiger partial charge on any atom is 0.422 e. The minimum absolute atomic E-state index is 0.0778. The molecular weight excluding hydrogens is 347 g/mol. The van der Waals surface area contributed by atoms with Crippen molar-refractivity contribution in [2.75, 3.05) is 18.5 Å². The van der Waals surface area contributed by atoms with Crippen molar-refractivity contribution < 1.29 is 27.4 Å². The Morgan fingerprint density at radius 1 is 1.08 bits per heavy atom. The molecule has 0 spiro atoms. The van der Waals surface area contributed by atoms with Crippen molar-refractivity contribution in [2.45, 2.75) is 6.18 Å². The average molecular weight is 360 g/mol. The average Bonchev–Trinajstić information content (AvgIpc) is 2.51. The lowest BCUT2D eigenvalue weighted by Gasteiger charge is -2.14. The summed E-state index contributed by atoms with van der Waals surface area (Å²) >= 11 is 5.79. The van der Waals surface area contributed by atoms with Gasteiger partial charge in [0.25, 0.3) is 5.91 Å². The third-order valence-electron chi connectivity index (χ3n) is 2.72. The van der Waals surface area contributed by atoms with Crippen LogP contribution in [0.25, 0.3) is 0 Å². The molecule has 8 heteroatoms. The lowest BCUT2D eigenvalue weighted by molar-refractivity contribution is -0.153. The molecule has 2 aromatic carbocycles. The molecule has 0 saturated heterocycles. The van der Waals surface area contributed by atoms with Gasteiger partial charge in [-0.3, -0.25) is 4.79 Å². The molecule has 0 radical (unpaired) electrons. The Hall–Kier alpha value is -2.41. The fraction of sp³-hybridized carbons (Fsp3) is 0.188. The molecule has 0 saturated carbocycles. The van der Waals surface area contributed by atoms with Crippen LogP contribution in [0.15, 0.2) is 48.5 Å². The zero-order chi connectivity index (χ0) is 17.6. The molecule has 0 aliphatic carbocycles. The Bertz CT molecular complexity index is 707. The smallest absolute Gasteiger partial charge is 0.422 e. The molecule has 2 aromatic rings. The second kappa shape index (κ2) is 7.92. The summed E-state index contributed by atoms with van der Waals surface area (Å²) in [5.41, 5.74) is 0.126. The Labute approximate surface area is 141 Å². The first-order chi connectivity index (χ1) is 11.3. The van der Waals surface area contributed by atoms with E-state index >= 15 is 0 Å². The maximum atomic E-state index is 12.2. The molecule has 0 fully saturated rings. The Balaban J connectivity index is 1.94. The van der Waals surface area contributed by atoms with Crippen molar-refractivity contribution in [1.82, 2.24) is 0 Å². The highest BCUT2D eigenvalue weighted by atomic mass is 35.5. The number of halogens is 4. The van der Waals surface area contributed by atoms with Crippen molar-refractivity contribution in [1.29, 1.82) is 0 Å². The SMILES string of the molecule is O=C(COc1cccc(Cl)c1)Nc1ccccc1OCC(F)(F)F. The minimum atomic E-state index is -4.47. The van der Waals surface area contributed by atoms with Gasteiger partial charge in [0.1, 0.15) is 11.5 Å². The first-order valence-electron chi connectivity index (χ1n) is 6.80. The van der Waals surface area contributed by atoms with E-state index in [2.05, 4.69) is 10.1 Å². The summed E-state index contributed by atoms with van der Waals surface area (Å²) in [7, 11) is 0. The summed E-state index contributed by atoms with van der Waals surface area (Å²) in [6.45, 7) is -1.77. The van der Waals surface area contributed by atoms with Gasteiger partial charge in [-0.15, -0.1) is 0 Å². The van der Waals surface area contributed by atoms with Crippen molar-refractivity contribution in [2.24, 2.45) is 0 Å². The quantitative estimate of drug-likeness (QED) is 0.836. The Morgan fingerprint density at radius 2 is 1.83 bits per heavy atom. The fourth-order valence-corrected chi connectivity index (χ4v) is 1.93. The number of carbonyl (C=O) groups is 1. The number of carbonyl (C=O) groups excluding carboxylic acids is 1. The predicted octanol–water partition coefficient (Wildman–Crippen LogP) is 4.30. The molecule has 0 aliphatic rings. The van der Waals surface area contributed by atoms with Gasteiger partial charge in [0, 0.05) is 5.02 Å². The standard InChI is InChI=1S/C16H13ClF3NO3/c17-11-4-3-5-12(8-11)23-9-15(22)21-13-6-1-2-7-14(13)24-10-16(18,19)20/h1-8H,9-10H2,(H,21,22). The van der Waals surface area contributed by atoms with Gasteiger partial charge < -0.3 is 14.8 Å². The van der Waals surface area contributed by atoms with Crippen LogP contribution in [0.4, 0.5) is 18.9 Å². The van der Waals surface area contributed by atoms with Crippen LogP contribution < -0.4 is 14.8 Å². The molecular formula is C16H13ClF3NO3. The third-order valence-corrected chi connectivity index (χ3v) is 2.95. The molecule has 1 amide bonds. The predicted molar refractivity (Wildman–Crippen MR) is 83.6 cm³/mol. The van der Waals surface area contributed by atoms with Gasteiger partial charge in [-0.05, 0) is 30.3 Å². The van der Waals surface area contributed by atoms with Crippen LogP contribution in [-0.4, -0.2) is 25.3 Å². The van der Waals surface area contributed by atoms with Crippen LogP contribution in [0.1, 0.15) is 0 Å². The molecule has 0 aliphatic heterocycles. The van der Waals surface area contributed by atoms with E-state index in [0.717, 1.165) is 0 Å². The highest BCUT2D eigenvalue weighted by Crippen LogP contribution is 2.26. The zero-order valence-corrected chi connectivity index (χ0v) is 13.0. The topological polar surface area (TPSA) is 47.6 Å². The number of rotatable bonds is 6. The normalized spacial score (nSPS) is 11.0. The monoisotopic (exact) mass is 359 g/mol. The molecule has 0 unspecified atom stereocenters. The molecule has 4 nitrogen and oxygen atoms in total. The van der Waals surface area contributed by atoms with Crippen molar-refractivity contribution in [3.63, 3.8) is 0 Å². The van der Waals surface area contributed by atoms with E-state index in [-0.39, 0.29) is 18.0 Å². The largest absolute Gasteiger partial charge is 0.484 e. The molecule has 0 bridgehead atoms. The van der Waals surface area contributed by atoms with Gasteiger partial charge in [0.05, 0.1) is 5.69 Å². The molecule has 24 heavy (non-hydrogen) atoms. The zero-order valence-electron chi connectivity index (χ0n) is 12.3. The minimum Gasteiger partial charge on any atom is -0.484 e. The number of hydrogen-bond donors (Lipinski definition) is 1. The van der Waals surface area contributed by atoms with E-state index in [4.69, 9.17) is 16.3 Å². The first-order valence-corrected chi connectivity index (χ1v) is 7.18. The van der Waals surface area contributed by atoms with Crippen LogP contribution in [-0.2, 0) is 4.79 Å². The number of para-hydroxylation sites is 2. The molecule has 1 N–H and O–H groups in total. The van der Waals surface area contributed by atoms with E-state index in [1.54, 1.807) is 24.3 Å². The molecule has 2 rings (SSSR count). The number of ether oxygens (including phenoxy) is 2. The van der Waals surface area contributed by atoms with Crippen LogP contribution in [0.2, 0.25) is 5.02 Å². The molecule has 128 valence electrons. The van der Waals surface area contributed by atoms with Crippen LogP contribution in [0.5, 0.6) is 11.5 Å². The van der Waals surface area contributed by atoms with E-state index in [9.17, 15) is 18.0 Å². The highest BCUT2D eigenvalue weighted by molar-refractivity contribution is 6.30. The third kappa shape index (κ3) is 6.00. The molecule has 0 atom stereocenters. The van der Waals surface area contributed by atoms with Gasteiger partial charge in [-0.25, -0.2) is 0 Å². The number of nitrogens with one attached hydrogen (secondary N) is 1. The van der Waals surface area contributed by atoms with Crippen LogP contribution in [0.3, 0.4) is 0 Å². The lowest BCUT2D eigenvalue weighted by atomic mass is 10.3. The van der Waals surface area contributed by atoms with Gasteiger partial charge in [0.15, 0.2) is 13.2 Å². The Kier molecular flexibility index (Phi) is 5.92. The van der Waals surface area contributed by atoms with Crippen molar-refractivity contribution >= 4 is 23.2 Å². The Morgan fingerprint density at radius 3 is 2.54 bits per heavy atom. The second-order valence-electron chi connectivity index (χ2n) is 4.69. The summed E-state index contributed by atoms with van der Waals surface area (Å²) < 4.78 is 46.6. The maximum absolute atomic E-state index is 12.2. The number of benzene rings is 2. The number of amides is 1. The number of alkyl halides is 3. The second-order valence-corrected chi connectivity index (χ2v) is 5.13. The summed E-state index contributed by atoms with van der Waals surface area (Å²) in [6.07, 6.45) is -4.47. The van der Waals surface area contributed by atoms with Crippen molar-refractivity contribution in [3.05, 3.63) is 53.6 Å². The lowest BCUT2D eigenvalue weighted by Crippen LogP contribution is -2.22.